The van der Waals surface area contributed by atoms with Gasteiger partial charge in [-0.25, -0.2) is 0 Å². The van der Waals surface area contributed by atoms with E-state index >= 15 is 0 Å². The SMILES string of the molecule is C[C@@H]1O[C@@H](OC[C@@H]2O[C@@H](Oc3c(-c4ccc(O)cc4)oc4cc(O)cc(O)c4c3=O)[C@H](O[C@@H]3O[C@H](CO)[C@H](O)[C@H](O)[C@H]3O)[C@@H](O)[C@@H]2O)[C@H](O)[C@@H](O)[C@H]1O. The Labute approximate surface area is 298 Å². The van der Waals surface area contributed by atoms with Gasteiger partial charge in [-0.3, -0.25) is 4.79 Å². The van der Waals surface area contributed by atoms with Gasteiger partial charge in [0.05, 0.1) is 19.3 Å². The Balaban J connectivity index is 1.39. The zero-order valence-corrected chi connectivity index (χ0v) is 27.7. The molecule has 0 bridgehead atoms. The Hall–Kier alpha value is -3.71. The van der Waals surface area contributed by atoms with Crippen LogP contribution in [0.25, 0.3) is 22.3 Å². The van der Waals surface area contributed by atoms with E-state index in [2.05, 4.69) is 0 Å². The summed E-state index contributed by atoms with van der Waals surface area (Å²) in [6, 6.07) is 7.05. The number of rotatable bonds is 9. The number of ether oxygens (including phenoxy) is 6. The lowest BCUT2D eigenvalue weighted by Crippen LogP contribution is -2.65. The van der Waals surface area contributed by atoms with Gasteiger partial charge in [0.25, 0.3) is 0 Å². The smallest absolute Gasteiger partial charge is 0.239 e. The number of fused-ring (bicyclic) bond motifs is 1. The molecule has 0 unspecified atom stereocenters. The van der Waals surface area contributed by atoms with E-state index in [1.807, 2.05) is 0 Å². The van der Waals surface area contributed by atoms with E-state index in [-0.39, 0.29) is 22.7 Å². The van der Waals surface area contributed by atoms with Crippen LogP contribution in [-0.4, -0.2) is 167 Å². The molecule has 3 aliphatic rings. The van der Waals surface area contributed by atoms with Crippen molar-refractivity contribution in [3.63, 3.8) is 0 Å². The Morgan fingerprint density at radius 3 is 1.98 bits per heavy atom. The molecule has 20 heteroatoms. The molecule has 0 aliphatic carbocycles. The highest BCUT2D eigenvalue weighted by atomic mass is 16.8. The number of phenols is 3. The lowest BCUT2D eigenvalue weighted by molar-refractivity contribution is -0.362. The van der Waals surface area contributed by atoms with Crippen molar-refractivity contribution in [3.05, 3.63) is 46.6 Å². The van der Waals surface area contributed by atoms with Gasteiger partial charge in [-0.05, 0) is 31.2 Å². The molecule has 15 atom stereocenters. The van der Waals surface area contributed by atoms with Crippen LogP contribution in [0.4, 0.5) is 0 Å². The van der Waals surface area contributed by atoms with Crippen molar-refractivity contribution in [2.45, 2.75) is 99.0 Å². The summed E-state index contributed by atoms with van der Waals surface area (Å²) in [4.78, 5) is 14.0. The molecule has 53 heavy (non-hydrogen) atoms. The first-order valence-electron chi connectivity index (χ1n) is 16.4. The second-order valence-corrected chi connectivity index (χ2v) is 12.9. The highest BCUT2D eigenvalue weighted by Gasteiger charge is 2.52. The summed E-state index contributed by atoms with van der Waals surface area (Å²) in [6.45, 7) is -0.140. The van der Waals surface area contributed by atoms with Crippen LogP contribution in [-0.2, 0) is 23.7 Å². The summed E-state index contributed by atoms with van der Waals surface area (Å²) in [7, 11) is 0. The van der Waals surface area contributed by atoms with Gasteiger partial charge < -0.3 is 94.1 Å². The molecular formula is C33H40O20. The Kier molecular flexibility index (Phi) is 11.5. The predicted octanol–water partition coefficient (Wildman–Crippen LogP) is -3.57. The minimum Gasteiger partial charge on any atom is -0.508 e. The molecule has 0 radical (unpaired) electrons. The van der Waals surface area contributed by atoms with Crippen LogP contribution >= 0.6 is 0 Å². The normalized spacial score (nSPS) is 37.8. The minimum atomic E-state index is -2.06. The molecule has 1 aromatic heterocycles. The van der Waals surface area contributed by atoms with E-state index in [1.54, 1.807) is 0 Å². The number of benzene rings is 2. The van der Waals surface area contributed by atoms with Gasteiger partial charge in [-0.1, -0.05) is 0 Å². The molecule has 3 aliphatic heterocycles. The summed E-state index contributed by atoms with van der Waals surface area (Å²) in [6.07, 6.45) is -26.1. The third kappa shape index (κ3) is 7.52. The summed E-state index contributed by atoms with van der Waals surface area (Å²) < 4.78 is 40.0. The fourth-order valence-electron chi connectivity index (χ4n) is 6.25. The maximum atomic E-state index is 14.0. The first-order chi connectivity index (χ1) is 25.1. The Morgan fingerprint density at radius 2 is 1.30 bits per heavy atom. The van der Waals surface area contributed by atoms with Gasteiger partial charge in [0.15, 0.2) is 24.4 Å². The second kappa shape index (κ2) is 15.6. The largest absolute Gasteiger partial charge is 0.508 e. The molecule has 2 aromatic carbocycles. The van der Waals surface area contributed by atoms with Crippen LogP contribution in [0.5, 0.6) is 23.0 Å². The van der Waals surface area contributed by atoms with Gasteiger partial charge in [-0.2, -0.15) is 0 Å². The third-order valence-electron chi connectivity index (χ3n) is 9.30. The van der Waals surface area contributed by atoms with Crippen molar-refractivity contribution < 1.29 is 94.1 Å². The van der Waals surface area contributed by atoms with Crippen molar-refractivity contribution in [3.8, 4) is 34.3 Å². The molecule has 3 fully saturated rings. The number of aliphatic hydroxyl groups excluding tert-OH is 9. The lowest BCUT2D eigenvalue weighted by atomic mass is 9.97. The van der Waals surface area contributed by atoms with Crippen molar-refractivity contribution in [1.82, 2.24) is 0 Å². The Bertz CT molecular complexity index is 1780. The van der Waals surface area contributed by atoms with Crippen molar-refractivity contribution >= 4 is 11.0 Å². The molecule has 12 N–H and O–H groups in total. The first kappa shape index (κ1) is 39.0. The van der Waals surface area contributed by atoms with E-state index in [0.29, 0.717) is 0 Å². The molecule has 3 saturated heterocycles. The van der Waals surface area contributed by atoms with Gasteiger partial charge in [0.2, 0.25) is 17.5 Å². The minimum absolute atomic E-state index is 0.112. The maximum absolute atomic E-state index is 14.0. The summed E-state index contributed by atoms with van der Waals surface area (Å²) in [5, 5.41) is 124. The highest BCUT2D eigenvalue weighted by Crippen LogP contribution is 2.38. The van der Waals surface area contributed by atoms with E-state index in [9.17, 15) is 66.1 Å². The van der Waals surface area contributed by atoms with E-state index < -0.39 is 133 Å². The summed E-state index contributed by atoms with van der Waals surface area (Å²) in [5.74, 6) is -2.39. The highest BCUT2D eigenvalue weighted by molar-refractivity contribution is 5.88. The molecule has 0 amide bonds. The molecule has 20 nitrogen and oxygen atoms in total. The quantitative estimate of drug-likeness (QED) is 0.100. The summed E-state index contributed by atoms with van der Waals surface area (Å²) in [5.41, 5.74) is -1.23. The molecule has 4 heterocycles. The topological polar surface area (TPSA) is 328 Å². The third-order valence-corrected chi connectivity index (χ3v) is 9.30. The van der Waals surface area contributed by atoms with Crippen molar-refractivity contribution in [2.24, 2.45) is 0 Å². The fourth-order valence-corrected chi connectivity index (χ4v) is 6.25. The van der Waals surface area contributed by atoms with Crippen LogP contribution in [0.2, 0.25) is 0 Å². The summed E-state index contributed by atoms with van der Waals surface area (Å²) >= 11 is 0. The molecule has 292 valence electrons. The molecule has 3 aromatic rings. The standard InChI is InChI=1S/C33H40O20/c1-10-19(38)23(42)26(45)31(48-10)47-9-17-21(40)25(44)30(53-32-27(46)24(43)20(39)16(8-34)50-32)33(51-17)52-29-22(41)18-14(37)6-13(36)7-15(18)49-28(29)11-2-4-12(35)5-3-11/h2-7,10,16-17,19-21,23-27,30-40,42-46H,8-9H2,1H3/t10-,16+,17-,19-,20-,21+,23-,24-,25-,26+,27+,30+,31+,32-,33-/m0/s1. The predicted molar refractivity (Wildman–Crippen MR) is 171 cm³/mol. The molecule has 6 rings (SSSR count). The van der Waals surface area contributed by atoms with Crippen LogP contribution in [0.3, 0.4) is 0 Å². The number of phenolic OH excluding ortho intramolecular Hbond substituents is 3. The average molecular weight is 757 g/mol. The van der Waals surface area contributed by atoms with Gasteiger partial charge in [0.1, 0.15) is 89.3 Å². The molecule has 0 saturated carbocycles. The van der Waals surface area contributed by atoms with Crippen molar-refractivity contribution in [2.75, 3.05) is 13.2 Å². The Morgan fingerprint density at radius 1 is 0.679 bits per heavy atom. The number of aromatic hydroxyl groups is 3. The zero-order valence-electron chi connectivity index (χ0n) is 27.7. The number of hydrogen-bond acceptors (Lipinski definition) is 20. The second-order valence-electron chi connectivity index (χ2n) is 12.9. The van der Waals surface area contributed by atoms with Gasteiger partial charge in [0, 0.05) is 17.7 Å². The van der Waals surface area contributed by atoms with Crippen LogP contribution in [0, 0.1) is 0 Å². The zero-order chi connectivity index (χ0) is 38.5. The fraction of sp³-hybridized carbons (Fsp3) is 0.545. The average Bonchev–Trinajstić information content (AvgIpc) is 3.12. The first-order valence-corrected chi connectivity index (χ1v) is 16.4. The van der Waals surface area contributed by atoms with Gasteiger partial charge in [-0.15, -0.1) is 0 Å². The van der Waals surface area contributed by atoms with Crippen LogP contribution in [0.1, 0.15) is 6.92 Å². The molecule has 0 spiro atoms. The van der Waals surface area contributed by atoms with Crippen LogP contribution in [0.15, 0.2) is 45.6 Å². The number of hydrogen-bond donors (Lipinski definition) is 12. The maximum Gasteiger partial charge on any atom is 0.239 e. The van der Waals surface area contributed by atoms with E-state index in [0.717, 1.165) is 12.1 Å². The van der Waals surface area contributed by atoms with Gasteiger partial charge >= 0.3 is 0 Å². The lowest BCUT2D eigenvalue weighted by Gasteiger charge is -2.46. The van der Waals surface area contributed by atoms with Crippen LogP contribution < -0.4 is 10.2 Å². The number of aliphatic hydroxyl groups is 9. The van der Waals surface area contributed by atoms with E-state index in [4.69, 9.17) is 32.8 Å². The van der Waals surface area contributed by atoms with Crippen molar-refractivity contribution in [1.29, 1.82) is 0 Å². The molecular weight excluding hydrogens is 716 g/mol. The van der Waals surface area contributed by atoms with E-state index in [1.165, 1.54) is 31.2 Å². The monoisotopic (exact) mass is 756 g/mol.